The lowest BCUT2D eigenvalue weighted by molar-refractivity contribution is 0.132. The Kier molecular flexibility index (Phi) is 7.37. The van der Waals surface area contributed by atoms with Gasteiger partial charge in [0, 0.05) is 32.0 Å². The fourth-order valence-electron chi connectivity index (χ4n) is 3.47. The van der Waals surface area contributed by atoms with Gasteiger partial charge in [0.2, 0.25) is 0 Å². The van der Waals surface area contributed by atoms with Crippen molar-refractivity contribution in [3.05, 3.63) is 41.6 Å². The lowest BCUT2D eigenvalue weighted by Gasteiger charge is -2.20. The second-order valence-corrected chi connectivity index (χ2v) is 7.14. The Labute approximate surface area is 181 Å². The van der Waals surface area contributed by atoms with E-state index in [9.17, 15) is 4.79 Å². The zero-order chi connectivity index (χ0) is 22.4. The molecule has 0 aliphatic rings. The number of nitrogen functional groups attached to an aromatic ring is 1. The smallest absolute Gasteiger partial charge is 0.319 e. The van der Waals surface area contributed by atoms with Gasteiger partial charge < -0.3 is 25.5 Å². The summed E-state index contributed by atoms with van der Waals surface area (Å²) in [6.07, 6.45) is 3.88. The molecule has 3 heterocycles. The van der Waals surface area contributed by atoms with Crippen LogP contribution in [0.3, 0.4) is 0 Å². The summed E-state index contributed by atoms with van der Waals surface area (Å²) in [6.45, 7) is 6.19. The van der Waals surface area contributed by atoms with E-state index in [2.05, 4.69) is 14.5 Å². The Morgan fingerprint density at radius 1 is 1.23 bits per heavy atom. The van der Waals surface area contributed by atoms with Crippen LogP contribution >= 0.6 is 0 Å². The van der Waals surface area contributed by atoms with Crippen molar-refractivity contribution in [3.63, 3.8) is 0 Å². The molecule has 3 aromatic rings. The van der Waals surface area contributed by atoms with E-state index in [4.69, 9.17) is 25.9 Å². The number of imidazole rings is 1. The molecule has 10 heteroatoms. The first-order valence-corrected chi connectivity index (χ1v) is 10.1. The molecule has 0 spiro atoms. The molecular weight excluding hydrogens is 398 g/mol. The molecule has 4 N–H and O–H groups in total. The van der Waals surface area contributed by atoms with Crippen LogP contribution in [0.5, 0.6) is 0 Å². The van der Waals surface area contributed by atoms with Crippen LogP contribution in [-0.2, 0) is 22.4 Å². The van der Waals surface area contributed by atoms with Gasteiger partial charge in [-0.15, -0.1) is 0 Å². The van der Waals surface area contributed by atoms with Crippen LogP contribution in [0.1, 0.15) is 17.1 Å². The number of hydrogen-bond donors (Lipinski definition) is 2. The molecule has 3 aromatic heterocycles. The van der Waals surface area contributed by atoms with Crippen LogP contribution in [-0.4, -0.2) is 59.0 Å². The molecule has 2 amide bonds. The Balaban J connectivity index is 1.69. The number of amides is 2. The Hall–Kier alpha value is -3.24. The number of pyridine rings is 2. The molecule has 0 atom stereocenters. The molecule has 0 aliphatic heterocycles. The number of aryl methyl sites for hydroxylation is 2. The van der Waals surface area contributed by atoms with E-state index in [1.807, 2.05) is 13.8 Å². The molecule has 0 bridgehead atoms. The average Bonchev–Trinajstić information content (AvgIpc) is 3.12. The molecule has 31 heavy (non-hydrogen) atoms. The van der Waals surface area contributed by atoms with Crippen LogP contribution in [0.15, 0.2) is 24.5 Å². The maximum atomic E-state index is 11.8. The molecule has 3 rings (SSSR count). The lowest BCUT2D eigenvalue weighted by Crippen LogP contribution is -2.38. The first-order chi connectivity index (χ1) is 14.9. The zero-order valence-electron chi connectivity index (χ0n) is 18.2. The first kappa shape index (κ1) is 22.4. The number of carbonyl (C=O) groups is 1. The van der Waals surface area contributed by atoms with Crippen molar-refractivity contribution in [1.29, 1.82) is 0 Å². The topological polar surface area (TPSA) is 134 Å². The zero-order valence-corrected chi connectivity index (χ0v) is 18.2. The number of nitrogens with two attached hydrogens (primary N) is 2. The monoisotopic (exact) mass is 427 g/mol. The SMILES string of the molecule is COCCc1nc2c(N)nc(C)c(C)c2n1CCOCCN(C(N)=O)c1cccnc1. The van der Waals surface area contributed by atoms with Crippen LogP contribution in [0.4, 0.5) is 16.3 Å². The number of rotatable bonds is 10. The van der Waals surface area contributed by atoms with E-state index in [1.54, 1.807) is 31.6 Å². The van der Waals surface area contributed by atoms with Gasteiger partial charge in [-0.2, -0.15) is 0 Å². The van der Waals surface area contributed by atoms with Gasteiger partial charge in [-0.05, 0) is 31.5 Å². The van der Waals surface area contributed by atoms with Crippen LogP contribution in [0, 0.1) is 13.8 Å². The molecule has 0 aliphatic carbocycles. The van der Waals surface area contributed by atoms with Crippen molar-refractivity contribution in [3.8, 4) is 0 Å². The van der Waals surface area contributed by atoms with Crippen LogP contribution in [0.25, 0.3) is 11.0 Å². The highest BCUT2D eigenvalue weighted by Gasteiger charge is 2.18. The van der Waals surface area contributed by atoms with Crippen LogP contribution < -0.4 is 16.4 Å². The summed E-state index contributed by atoms with van der Waals surface area (Å²) in [6, 6.07) is 2.98. The molecule has 166 valence electrons. The van der Waals surface area contributed by atoms with Gasteiger partial charge >= 0.3 is 6.03 Å². The van der Waals surface area contributed by atoms with Gasteiger partial charge in [0.15, 0.2) is 5.82 Å². The predicted molar refractivity (Wildman–Crippen MR) is 119 cm³/mol. The fraction of sp³-hybridized carbons (Fsp3) is 0.429. The molecule has 0 aromatic carbocycles. The summed E-state index contributed by atoms with van der Waals surface area (Å²) in [5.74, 6) is 1.29. The van der Waals surface area contributed by atoms with Crippen LogP contribution in [0.2, 0.25) is 0 Å². The maximum absolute atomic E-state index is 11.8. The van der Waals surface area contributed by atoms with E-state index in [1.165, 1.54) is 4.90 Å². The molecule has 10 nitrogen and oxygen atoms in total. The van der Waals surface area contributed by atoms with E-state index in [0.29, 0.717) is 56.4 Å². The average molecular weight is 428 g/mol. The third-order valence-electron chi connectivity index (χ3n) is 5.15. The van der Waals surface area contributed by atoms with Gasteiger partial charge in [-0.3, -0.25) is 9.88 Å². The number of aromatic nitrogens is 4. The Bertz CT molecular complexity index is 1040. The second-order valence-electron chi connectivity index (χ2n) is 7.14. The summed E-state index contributed by atoms with van der Waals surface area (Å²) in [5, 5.41) is 0. The standard InChI is InChI=1S/C21H29N7O3/c1-14-15(2)25-20(22)18-19(14)28(17(26-18)6-10-30-3)9-12-31-11-8-27(21(23)29)16-5-4-7-24-13-16/h4-5,7,13H,6,8-12H2,1-3H3,(H2,22,25)(H2,23,29). The minimum Gasteiger partial charge on any atom is -0.384 e. The maximum Gasteiger partial charge on any atom is 0.319 e. The predicted octanol–water partition coefficient (Wildman–Crippen LogP) is 1.82. The highest BCUT2D eigenvalue weighted by Crippen LogP contribution is 2.26. The van der Waals surface area contributed by atoms with Crippen molar-refractivity contribution in [2.75, 3.05) is 44.1 Å². The first-order valence-electron chi connectivity index (χ1n) is 10.1. The number of carbonyl (C=O) groups excluding carboxylic acids is 1. The molecular formula is C21H29N7O3. The third kappa shape index (κ3) is 5.09. The summed E-state index contributed by atoms with van der Waals surface area (Å²) in [7, 11) is 1.66. The van der Waals surface area contributed by atoms with Crippen molar-refractivity contribution in [2.24, 2.45) is 5.73 Å². The number of hydrogen-bond acceptors (Lipinski definition) is 7. The summed E-state index contributed by atoms with van der Waals surface area (Å²) >= 11 is 0. The lowest BCUT2D eigenvalue weighted by atomic mass is 10.2. The number of anilines is 2. The van der Waals surface area contributed by atoms with Crippen molar-refractivity contribution >= 4 is 28.6 Å². The number of primary amides is 1. The van der Waals surface area contributed by atoms with E-state index in [0.717, 1.165) is 22.6 Å². The molecule has 0 saturated heterocycles. The summed E-state index contributed by atoms with van der Waals surface area (Å²) in [5.41, 5.74) is 15.8. The highest BCUT2D eigenvalue weighted by atomic mass is 16.5. The summed E-state index contributed by atoms with van der Waals surface area (Å²) < 4.78 is 13.2. The summed E-state index contributed by atoms with van der Waals surface area (Å²) in [4.78, 5) is 26.3. The third-order valence-corrected chi connectivity index (χ3v) is 5.15. The second kappa shape index (κ2) is 10.2. The van der Waals surface area contributed by atoms with Gasteiger partial charge in [-0.25, -0.2) is 14.8 Å². The molecule has 0 fully saturated rings. The van der Waals surface area contributed by atoms with Crippen molar-refractivity contribution < 1.29 is 14.3 Å². The van der Waals surface area contributed by atoms with Crippen molar-refractivity contribution in [2.45, 2.75) is 26.8 Å². The van der Waals surface area contributed by atoms with Gasteiger partial charge in [0.25, 0.3) is 0 Å². The quantitative estimate of drug-likeness (QED) is 0.471. The van der Waals surface area contributed by atoms with E-state index in [-0.39, 0.29) is 0 Å². The minimum atomic E-state index is -0.548. The van der Waals surface area contributed by atoms with E-state index >= 15 is 0 Å². The Morgan fingerprint density at radius 3 is 2.71 bits per heavy atom. The van der Waals surface area contributed by atoms with E-state index < -0.39 is 6.03 Å². The normalized spacial score (nSPS) is 11.2. The van der Waals surface area contributed by atoms with Gasteiger partial charge in [0.05, 0.1) is 43.8 Å². The van der Waals surface area contributed by atoms with Crippen molar-refractivity contribution in [1.82, 2.24) is 19.5 Å². The number of fused-ring (bicyclic) bond motifs is 1. The number of methoxy groups -OCH3 is 1. The molecule has 0 saturated carbocycles. The van der Waals surface area contributed by atoms with Gasteiger partial charge in [0.1, 0.15) is 11.3 Å². The number of nitrogens with zero attached hydrogens (tertiary/aromatic N) is 5. The number of urea groups is 1. The largest absolute Gasteiger partial charge is 0.384 e. The number of ether oxygens (including phenoxy) is 2. The molecule has 0 radical (unpaired) electrons. The highest BCUT2D eigenvalue weighted by molar-refractivity contribution is 5.90. The van der Waals surface area contributed by atoms with Gasteiger partial charge in [-0.1, -0.05) is 0 Å². The Morgan fingerprint density at radius 2 is 2.03 bits per heavy atom. The minimum absolute atomic E-state index is 0.331. The fourth-order valence-corrected chi connectivity index (χ4v) is 3.47. The molecule has 0 unspecified atom stereocenters.